The summed E-state index contributed by atoms with van der Waals surface area (Å²) in [6, 6.07) is 15.0. The molecule has 2 aromatic carbocycles. The van der Waals surface area contributed by atoms with Gasteiger partial charge in [-0.25, -0.2) is 9.67 Å². The third kappa shape index (κ3) is 2.77. The van der Waals surface area contributed by atoms with Crippen LogP contribution in [0, 0.1) is 0 Å². The lowest BCUT2D eigenvalue weighted by Crippen LogP contribution is -2.21. The molecule has 1 aromatic heterocycles. The normalized spacial score (nSPS) is 12.8. The lowest BCUT2D eigenvalue weighted by atomic mass is 10.1. The van der Waals surface area contributed by atoms with Crippen LogP contribution >= 0.6 is 0 Å². The van der Waals surface area contributed by atoms with Crippen LogP contribution in [0.25, 0.3) is 11.8 Å². The summed E-state index contributed by atoms with van der Waals surface area (Å²) in [6.07, 6.45) is 4.95. The van der Waals surface area contributed by atoms with E-state index in [2.05, 4.69) is 15.4 Å². The maximum Gasteiger partial charge on any atom is 0.255 e. The quantitative estimate of drug-likeness (QED) is 0.806. The average molecular weight is 318 g/mol. The summed E-state index contributed by atoms with van der Waals surface area (Å²) in [6.45, 7) is 0.264. The van der Waals surface area contributed by atoms with Crippen molar-refractivity contribution >= 4 is 17.7 Å². The van der Waals surface area contributed by atoms with Gasteiger partial charge < -0.3 is 10.1 Å². The van der Waals surface area contributed by atoms with Gasteiger partial charge in [-0.05, 0) is 36.4 Å². The number of benzene rings is 2. The summed E-state index contributed by atoms with van der Waals surface area (Å²) >= 11 is 0. The average Bonchev–Trinajstić information content (AvgIpc) is 3.16. The molecule has 0 spiro atoms. The summed E-state index contributed by atoms with van der Waals surface area (Å²) in [5, 5.41) is 6.95. The summed E-state index contributed by atoms with van der Waals surface area (Å²) in [5.74, 6) is 0.629. The van der Waals surface area contributed by atoms with Gasteiger partial charge in [0.15, 0.2) is 0 Å². The molecule has 6 nitrogen and oxygen atoms in total. The zero-order valence-corrected chi connectivity index (χ0v) is 12.7. The van der Waals surface area contributed by atoms with E-state index in [4.69, 9.17) is 4.74 Å². The van der Waals surface area contributed by atoms with Gasteiger partial charge in [0.05, 0.1) is 11.3 Å². The number of aromatic nitrogens is 3. The molecule has 0 aliphatic carbocycles. The number of rotatable bonds is 3. The Morgan fingerprint density at radius 1 is 1.12 bits per heavy atom. The van der Waals surface area contributed by atoms with Gasteiger partial charge >= 0.3 is 0 Å². The van der Waals surface area contributed by atoms with Gasteiger partial charge in [-0.3, -0.25) is 4.79 Å². The topological polar surface area (TPSA) is 69.0 Å². The number of carbonyl (C=O) groups excluding carboxylic acids is 1. The molecule has 0 bridgehead atoms. The molecule has 118 valence electrons. The van der Waals surface area contributed by atoms with Gasteiger partial charge in [0.1, 0.15) is 25.0 Å². The Balaban J connectivity index is 1.50. The Morgan fingerprint density at radius 2 is 1.96 bits per heavy atom. The van der Waals surface area contributed by atoms with Crippen LogP contribution in [0.2, 0.25) is 0 Å². The van der Waals surface area contributed by atoms with Crippen LogP contribution in [0.3, 0.4) is 0 Å². The number of ether oxygens (including phenoxy) is 1. The lowest BCUT2D eigenvalue weighted by molar-refractivity contribution is -0.113. The van der Waals surface area contributed by atoms with Crippen molar-refractivity contribution in [1.29, 1.82) is 0 Å². The van der Waals surface area contributed by atoms with E-state index in [9.17, 15) is 4.79 Å². The number of nitrogens with one attached hydrogen (secondary N) is 1. The minimum atomic E-state index is -0.169. The van der Waals surface area contributed by atoms with Crippen LogP contribution in [0.15, 0.2) is 66.8 Å². The van der Waals surface area contributed by atoms with Gasteiger partial charge in [0, 0.05) is 11.3 Å². The minimum Gasteiger partial charge on any atom is -0.488 e. The third-order valence-corrected chi connectivity index (χ3v) is 3.73. The Bertz CT molecular complexity index is 899. The van der Waals surface area contributed by atoms with Gasteiger partial charge in [0.2, 0.25) is 0 Å². The molecule has 2 heterocycles. The van der Waals surface area contributed by atoms with Crippen molar-refractivity contribution in [3.63, 3.8) is 0 Å². The van der Waals surface area contributed by atoms with Crippen LogP contribution in [-0.2, 0) is 4.79 Å². The first-order valence-corrected chi connectivity index (χ1v) is 7.48. The molecule has 0 unspecified atom stereocenters. The molecule has 0 atom stereocenters. The maximum absolute atomic E-state index is 12.4. The fraction of sp³-hybridized carbons (Fsp3) is 0.0556. The van der Waals surface area contributed by atoms with Crippen molar-refractivity contribution in [2.45, 2.75) is 0 Å². The molecule has 1 aliphatic rings. The first kappa shape index (κ1) is 14.2. The van der Waals surface area contributed by atoms with E-state index >= 15 is 0 Å². The number of carbonyl (C=O) groups is 1. The molecule has 0 saturated carbocycles. The summed E-state index contributed by atoms with van der Waals surface area (Å²) in [5.41, 5.74) is 3.09. The molecule has 1 aliphatic heterocycles. The summed E-state index contributed by atoms with van der Waals surface area (Å²) in [7, 11) is 0. The fourth-order valence-electron chi connectivity index (χ4n) is 2.50. The van der Waals surface area contributed by atoms with E-state index < -0.39 is 0 Å². The highest BCUT2D eigenvalue weighted by atomic mass is 16.5. The second kappa shape index (κ2) is 6.00. The summed E-state index contributed by atoms with van der Waals surface area (Å²) in [4.78, 5) is 16.3. The van der Waals surface area contributed by atoms with Crippen LogP contribution < -0.4 is 10.1 Å². The number of fused-ring (bicyclic) bond motifs is 1. The first-order valence-electron chi connectivity index (χ1n) is 7.48. The zero-order valence-electron chi connectivity index (χ0n) is 12.7. The highest BCUT2D eigenvalue weighted by molar-refractivity contribution is 6.07. The van der Waals surface area contributed by atoms with Crippen molar-refractivity contribution in [2.75, 3.05) is 11.9 Å². The molecule has 24 heavy (non-hydrogen) atoms. The maximum atomic E-state index is 12.4. The minimum absolute atomic E-state index is 0.169. The van der Waals surface area contributed by atoms with Crippen molar-refractivity contribution in [1.82, 2.24) is 14.8 Å². The Kier molecular flexibility index (Phi) is 3.55. The van der Waals surface area contributed by atoms with Crippen molar-refractivity contribution in [3.8, 4) is 11.4 Å². The number of amides is 1. The number of hydrogen-bond acceptors (Lipinski definition) is 4. The summed E-state index contributed by atoms with van der Waals surface area (Å²) < 4.78 is 7.27. The second-order valence-corrected chi connectivity index (χ2v) is 5.34. The first-order chi connectivity index (χ1) is 11.8. The standard InChI is InChI=1S/C18H14N4O2/c23-18(14-9-13-3-1-2-4-17(13)24-10-14)21-15-5-7-16(8-6-15)22-12-19-11-20-22/h1-9,11-12H,10H2,(H,21,23). The van der Waals surface area contributed by atoms with Gasteiger partial charge in [0.25, 0.3) is 5.91 Å². The van der Waals surface area contributed by atoms with E-state index in [1.807, 2.05) is 54.6 Å². The molecule has 0 saturated heterocycles. The predicted molar refractivity (Wildman–Crippen MR) is 89.9 cm³/mol. The predicted octanol–water partition coefficient (Wildman–Crippen LogP) is 2.68. The number of anilines is 1. The fourth-order valence-corrected chi connectivity index (χ4v) is 2.50. The molecule has 0 fully saturated rings. The van der Waals surface area contributed by atoms with Crippen LogP contribution in [-0.4, -0.2) is 27.3 Å². The SMILES string of the molecule is O=C(Nc1ccc(-n2cncn2)cc1)C1=Cc2ccccc2OC1. The van der Waals surface area contributed by atoms with Gasteiger partial charge in [-0.15, -0.1) is 0 Å². The molecule has 4 rings (SSSR count). The number of para-hydroxylation sites is 1. The van der Waals surface area contributed by atoms with E-state index in [0.29, 0.717) is 11.3 Å². The van der Waals surface area contributed by atoms with E-state index in [0.717, 1.165) is 17.0 Å². The van der Waals surface area contributed by atoms with Gasteiger partial charge in [-0.1, -0.05) is 18.2 Å². The van der Waals surface area contributed by atoms with Crippen LogP contribution in [0.4, 0.5) is 5.69 Å². The Morgan fingerprint density at radius 3 is 2.75 bits per heavy atom. The molecule has 3 aromatic rings. The van der Waals surface area contributed by atoms with E-state index in [1.54, 1.807) is 11.0 Å². The number of hydrogen-bond donors (Lipinski definition) is 1. The molecular formula is C18H14N4O2. The van der Waals surface area contributed by atoms with E-state index in [1.165, 1.54) is 6.33 Å². The highest BCUT2D eigenvalue weighted by Crippen LogP contribution is 2.26. The lowest BCUT2D eigenvalue weighted by Gasteiger charge is -2.17. The van der Waals surface area contributed by atoms with Crippen molar-refractivity contribution < 1.29 is 9.53 Å². The monoisotopic (exact) mass is 318 g/mol. The Hall–Kier alpha value is -3.41. The number of nitrogens with zero attached hydrogens (tertiary/aromatic N) is 3. The van der Waals surface area contributed by atoms with Crippen molar-refractivity contribution in [2.24, 2.45) is 0 Å². The largest absolute Gasteiger partial charge is 0.488 e. The third-order valence-electron chi connectivity index (χ3n) is 3.73. The van der Waals surface area contributed by atoms with Crippen LogP contribution in [0.5, 0.6) is 5.75 Å². The zero-order chi connectivity index (χ0) is 16.4. The smallest absolute Gasteiger partial charge is 0.255 e. The Labute approximate surface area is 138 Å². The highest BCUT2D eigenvalue weighted by Gasteiger charge is 2.17. The van der Waals surface area contributed by atoms with Crippen molar-refractivity contribution in [3.05, 3.63) is 72.3 Å². The van der Waals surface area contributed by atoms with E-state index in [-0.39, 0.29) is 12.5 Å². The molecule has 6 heteroatoms. The van der Waals surface area contributed by atoms with Crippen LogP contribution in [0.1, 0.15) is 5.56 Å². The molecule has 1 N–H and O–H groups in total. The molecular weight excluding hydrogens is 304 g/mol. The molecule has 0 radical (unpaired) electrons. The van der Waals surface area contributed by atoms with Gasteiger partial charge in [-0.2, -0.15) is 5.10 Å². The second-order valence-electron chi connectivity index (χ2n) is 5.34. The molecule has 1 amide bonds.